The first-order chi connectivity index (χ1) is 11.7. The van der Waals surface area contributed by atoms with E-state index in [-0.39, 0.29) is 6.03 Å². The van der Waals surface area contributed by atoms with Crippen LogP contribution >= 0.6 is 11.3 Å². The number of nitrogens with zero attached hydrogens (tertiary/aromatic N) is 2. The van der Waals surface area contributed by atoms with Gasteiger partial charge in [0.15, 0.2) is 0 Å². The lowest BCUT2D eigenvalue weighted by Crippen LogP contribution is -2.30. The summed E-state index contributed by atoms with van der Waals surface area (Å²) in [6, 6.07) is 13.2. The molecule has 0 unspecified atom stereocenters. The highest BCUT2D eigenvalue weighted by Crippen LogP contribution is 2.25. The first kappa shape index (κ1) is 16.1. The predicted molar refractivity (Wildman–Crippen MR) is 97.2 cm³/mol. The average molecular weight is 338 g/mol. The molecule has 3 rings (SSSR count). The van der Waals surface area contributed by atoms with Gasteiger partial charge >= 0.3 is 6.03 Å². The maximum absolute atomic E-state index is 12.0. The minimum absolute atomic E-state index is 0.224. The maximum Gasteiger partial charge on any atom is 0.319 e. The number of carbonyl (C=O) groups excluding carboxylic acids is 1. The van der Waals surface area contributed by atoms with Crippen molar-refractivity contribution in [2.45, 2.75) is 13.3 Å². The van der Waals surface area contributed by atoms with Gasteiger partial charge in [0.2, 0.25) is 0 Å². The van der Waals surface area contributed by atoms with Gasteiger partial charge in [-0.3, -0.25) is 4.98 Å². The highest BCUT2D eigenvalue weighted by atomic mass is 32.1. The highest BCUT2D eigenvalue weighted by Gasteiger charge is 2.06. The van der Waals surface area contributed by atoms with Gasteiger partial charge < -0.3 is 10.6 Å². The van der Waals surface area contributed by atoms with Crippen LogP contribution in [0.2, 0.25) is 0 Å². The van der Waals surface area contributed by atoms with Gasteiger partial charge in [-0.05, 0) is 31.2 Å². The summed E-state index contributed by atoms with van der Waals surface area (Å²) in [5.74, 6) is 0. The number of aromatic nitrogens is 2. The first-order valence-electron chi connectivity index (χ1n) is 7.68. The zero-order chi connectivity index (χ0) is 16.8. The van der Waals surface area contributed by atoms with E-state index in [1.165, 1.54) is 0 Å². The molecule has 2 amide bonds. The Morgan fingerprint density at radius 3 is 2.88 bits per heavy atom. The average Bonchev–Trinajstić information content (AvgIpc) is 3.03. The zero-order valence-electron chi connectivity index (χ0n) is 13.3. The molecule has 0 saturated carbocycles. The highest BCUT2D eigenvalue weighted by molar-refractivity contribution is 7.13. The van der Waals surface area contributed by atoms with E-state index in [9.17, 15) is 4.79 Å². The van der Waals surface area contributed by atoms with Crippen molar-refractivity contribution in [3.05, 3.63) is 65.4 Å². The summed E-state index contributed by atoms with van der Waals surface area (Å²) in [4.78, 5) is 20.7. The van der Waals surface area contributed by atoms with Crippen molar-refractivity contribution in [3.8, 4) is 10.6 Å². The van der Waals surface area contributed by atoms with E-state index < -0.39 is 0 Å². The van der Waals surface area contributed by atoms with Gasteiger partial charge in [-0.25, -0.2) is 9.78 Å². The van der Waals surface area contributed by atoms with Crippen LogP contribution in [0.3, 0.4) is 0 Å². The Morgan fingerprint density at radius 1 is 1.21 bits per heavy atom. The van der Waals surface area contributed by atoms with Crippen molar-refractivity contribution in [1.82, 2.24) is 15.3 Å². The minimum Gasteiger partial charge on any atom is -0.337 e. The van der Waals surface area contributed by atoms with Crippen molar-refractivity contribution in [2.24, 2.45) is 0 Å². The van der Waals surface area contributed by atoms with Crippen LogP contribution in [0.5, 0.6) is 0 Å². The predicted octanol–water partition coefficient (Wildman–Crippen LogP) is 3.88. The molecule has 5 nitrogen and oxygen atoms in total. The molecule has 0 bridgehead atoms. The standard InChI is InChI=1S/C18H18N4OS/c1-13-12-24-17(21-13)14-5-4-7-16(11-14)22-18(23)20-10-8-15-6-2-3-9-19-15/h2-7,9,11-12H,8,10H2,1H3,(H2,20,22,23). The molecule has 0 fully saturated rings. The zero-order valence-corrected chi connectivity index (χ0v) is 14.1. The van der Waals surface area contributed by atoms with E-state index in [4.69, 9.17) is 0 Å². The Bertz CT molecular complexity index is 817. The van der Waals surface area contributed by atoms with Gasteiger partial charge in [-0.1, -0.05) is 18.2 Å². The van der Waals surface area contributed by atoms with Gasteiger partial charge in [-0.15, -0.1) is 11.3 Å². The molecule has 0 aliphatic rings. The molecule has 0 aliphatic heterocycles. The number of amides is 2. The van der Waals surface area contributed by atoms with Crippen molar-refractivity contribution in [1.29, 1.82) is 0 Å². The molecular weight excluding hydrogens is 320 g/mol. The van der Waals surface area contributed by atoms with E-state index in [1.807, 2.05) is 54.8 Å². The summed E-state index contributed by atoms with van der Waals surface area (Å²) in [5, 5.41) is 8.66. The summed E-state index contributed by atoms with van der Waals surface area (Å²) >= 11 is 1.60. The van der Waals surface area contributed by atoms with E-state index in [0.717, 1.165) is 27.6 Å². The van der Waals surface area contributed by atoms with Crippen molar-refractivity contribution < 1.29 is 4.79 Å². The van der Waals surface area contributed by atoms with Gasteiger partial charge in [0.05, 0.1) is 0 Å². The number of urea groups is 1. The number of anilines is 1. The molecule has 0 aliphatic carbocycles. The lowest BCUT2D eigenvalue weighted by molar-refractivity contribution is 0.252. The van der Waals surface area contributed by atoms with Crippen LogP contribution in [0.4, 0.5) is 10.5 Å². The van der Waals surface area contributed by atoms with Crippen LogP contribution in [0, 0.1) is 6.92 Å². The molecule has 0 atom stereocenters. The third-order valence-corrected chi connectivity index (χ3v) is 4.39. The molecule has 0 spiro atoms. The molecule has 0 saturated heterocycles. The second kappa shape index (κ2) is 7.70. The monoisotopic (exact) mass is 338 g/mol. The Morgan fingerprint density at radius 2 is 2.12 bits per heavy atom. The molecule has 0 radical (unpaired) electrons. The second-order valence-corrected chi connectivity index (χ2v) is 6.18. The fourth-order valence-corrected chi connectivity index (χ4v) is 3.04. The fourth-order valence-electron chi connectivity index (χ4n) is 2.24. The summed E-state index contributed by atoms with van der Waals surface area (Å²) in [5.41, 5.74) is 3.70. The molecule has 2 N–H and O–H groups in total. The van der Waals surface area contributed by atoms with Gasteiger partial charge in [0, 0.05) is 47.2 Å². The third-order valence-electron chi connectivity index (χ3n) is 3.38. The van der Waals surface area contributed by atoms with Gasteiger partial charge in [0.1, 0.15) is 5.01 Å². The van der Waals surface area contributed by atoms with Crippen LogP contribution in [-0.2, 0) is 6.42 Å². The van der Waals surface area contributed by atoms with Crippen molar-refractivity contribution in [3.63, 3.8) is 0 Å². The number of hydrogen-bond donors (Lipinski definition) is 2. The Balaban J connectivity index is 1.54. The van der Waals surface area contributed by atoms with Crippen LogP contribution in [0.15, 0.2) is 54.0 Å². The molecule has 122 valence electrons. The molecule has 2 heterocycles. The SMILES string of the molecule is Cc1csc(-c2cccc(NC(=O)NCCc3ccccn3)c2)n1. The first-order valence-corrected chi connectivity index (χ1v) is 8.56. The number of rotatable bonds is 5. The molecule has 6 heteroatoms. The summed E-state index contributed by atoms with van der Waals surface area (Å²) in [6.07, 6.45) is 2.45. The fraction of sp³-hybridized carbons (Fsp3) is 0.167. The Labute approximate surface area is 144 Å². The normalized spacial score (nSPS) is 10.4. The van der Waals surface area contributed by atoms with Crippen molar-refractivity contribution >= 4 is 23.1 Å². The van der Waals surface area contributed by atoms with E-state index in [1.54, 1.807) is 17.5 Å². The number of pyridine rings is 1. The smallest absolute Gasteiger partial charge is 0.319 e. The quantitative estimate of drug-likeness (QED) is 0.742. The number of carbonyl (C=O) groups is 1. The van der Waals surface area contributed by atoms with Crippen LogP contribution in [-0.4, -0.2) is 22.5 Å². The number of hydrogen-bond acceptors (Lipinski definition) is 4. The summed E-state index contributed by atoms with van der Waals surface area (Å²) in [6.45, 7) is 2.51. The summed E-state index contributed by atoms with van der Waals surface area (Å²) in [7, 11) is 0. The van der Waals surface area contributed by atoms with Crippen LogP contribution < -0.4 is 10.6 Å². The largest absolute Gasteiger partial charge is 0.337 e. The molecule has 3 aromatic rings. The molecule has 24 heavy (non-hydrogen) atoms. The molecule has 1 aromatic carbocycles. The Hall–Kier alpha value is -2.73. The van der Waals surface area contributed by atoms with Crippen LogP contribution in [0.1, 0.15) is 11.4 Å². The summed E-state index contributed by atoms with van der Waals surface area (Å²) < 4.78 is 0. The Kier molecular flexibility index (Phi) is 5.18. The van der Waals surface area contributed by atoms with E-state index in [0.29, 0.717) is 13.0 Å². The number of nitrogens with one attached hydrogen (secondary N) is 2. The molecule has 2 aromatic heterocycles. The lowest BCUT2D eigenvalue weighted by Gasteiger charge is -2.08. The number of aryl methyl sites for hydroxylation is 1. The van der Waals surface area contributed by atoms with E-state index in [2.05, 4.69) is 20.6 Å². The lowest BCUT2D eigenvalue weighted by atomic mass is 10.2. The maximum atomic E-state index is 12.0. The van der Waals surface area contributed by atoms with E-state index >= 15 is 0 Å². The molecular formula is C18H18N4OS. The minimum atomic E-state index is -0.224. The van der Waals surface area contributed by atoms with Gasteiger partial charge in [-0.2, -0.15) is 0 Å². The number of benzene rings is 1. The van der Waals surface area contributed by atoms with Crippen molar-refractivity contribution in [2.75, 3.05) is 11.9 Å². The number of thiazole rings is 1. The topological polar surface area (TPSA) is 66.9 Å². The second-order valence-electron chi connectivity index (χ2n) is 5.33. The van der Waals surface area contributed by atoms with Gasteiger partial charge in [0.25, 0.3) is 0 Å². The van der Waals surface area contributed by atoms with Crippen LogP contribution in [0.25, 0.3) is 10.6 Å². The third kappa shape index (κ3) is 4.39.